The summed E-state index contributed by atoms with van der Waals surface area (Å²) in [6.07, 6.45) is 0. The monoisotopic (exact) mass is 524 g/mol. The molecule has 4 aromatic carbocycles. The van der Waals surface area contributed by atoms with Gasteiger partial charge in [-0.25, -0.2) is 4.57 Å². The van der Waals surface area contributed by atoms with Gasteiger partial charge in [0, 0.05) is 10.8 Å². The van der Waals surface area contributed by atoms with Crippen molar-refractivity contribution in [2.24, 2.45) is 0 Å². The molecule has 0 spiro atoms. The molecule has 4 rings (SSSR count). The van der Waals surface area contributed by atoms with Gasteiger partial charge in [-0.3, -0.25) is 0 Å². The molecule has 0 saturated heterocycles. The van der Waals surface area contributed by atoms with Crippen LogP contribution in [-0.2, 0) is 15.4 Å². The average molecular weight is 525 g/mol. The zero-order chi connectivity index (χ0) is 25.1. The van der Waals surface area contributed by atoms with E-state index >= 15 is 0 Å². The van der Waals surface area contributed by atoms with Crippen molar-refractivity contribution in [2.75, 3.05) is 0 Å². The summed E-state index contributed by atoms with van der Waals surface area (Å²) in [6.45, 7) is 8.51. The third-order valence-electron chi connectivity index (χ3n) is 6.58. The third kappa shape index (κ3) is 6.79. The van der Waals surface area contributed by atoms with Crippen molar-refractivity contribution in [3.05, 3.63) is 131 Å². The first-order valence-electron chi connectivity index (χ1n) is 11.6. The van der Waals surface area contributed by atoms with Gasteiger partial charge >= 0.3 is 59.2 Å². The molecule has 0 atom stereocenters. The summed E-state index contributed by atoms with van der Waals surface area (Å²) in [6, 6.07) is 34.4. The molecule has 0 amide bonds. The molecule has 0 aliphatic rings. The van der Waals surface area contributed by atoms with Gasteiger partial charge in [0.1, 0.15) is 11.5 Å². The molecular formula is C30H30KO4P. The van der Waals surface area contributed by atoms with Crippen molar-refractivity contribution in [3.63, 3.8) is 0 Å². The van der Waals surface area contributed by atoms with Crippen LogP contribution in [-0.4, -0.2) is 0 Å². The van der Waals surface area contributed by atoms with E-state index in [9.17, 15) is 9.46 Å². The third-order valence-corrected chi connectivity index (χ3v) is 7.45. The first-order valence-corrected chi connectivity index (χ1v) is 13.1. The minimum absolute atomic E-state index is 0. The summed E-state index contributed by atoms with van der Waals surface area (Å²) in [7, 11) is -4.61. The Balaban J connectivity index is 0.00000361. The van der Waals surface area contributed by atoms with Crippen LogP contribution in [0.15, 0.2) is 109 Å². The summed E-state index contributed by atoms with van der Waals surface area (Å²) in [5, 5.41) is 0. The Labute approximate surface area is 256 Å². The number of hydrogen-bond donors (Lipinski definition) is 0. The van der Waals surface area contributed by atoms with Gasteiger partial charge in [0.05, 0.1) is 0 Å². The topological polar surface area (TPSA) is 58.6 Å². The fourth-order valence-electron chi connectivity index (χ4n) is 4.18. The minimum Gasteiger partial charge on any atom is -0.736 e. The molecule has 0 aliphatic heterocycles. The minimum atomic E-state index is -4.61. The van der Waals surface area contributed by atoms with Crippen molar-refractivity contribution in [2.45, 2.75) is 38.5 Å². The van der Waals surface area contributed by atoms with Gasteiger partial charge < -0.3 is 13.9 Å². The van der Waals surface area contributed by atoms with E-state index in [2.05, 4.69) is 52.0 Å². The van der Waals surface area contributed by atoms with Crippen molar-refractivity contribution in [1.29, 1.82) is 0 Å². The van der Waals surface area contributed by atoms with Gasteiger partial charge in [-0.1, -0.05) is 113 Å². The Hall–Kier alpha value is -1.69. The van der Waals surface area contributed by atoms with Gasteiger partial charge in [-0.2, -0.15) is 0 Å². The van der Waals surface area contributed by atoms with E-state index in [0.717, 1.165) is 11.1 Å². The van der Waals surface area contributed by atoms with Crippen molar-refractivity contribution in [1.82, 2.24) is 0 Å². The molecule has 0 heterocycles. The molecule has 4 nitrogen and oxygen atoms in total. The second kappa shape index (κ2) is 11.8. The number of hydrogen-bond acceptors (Lipinski definition) is 4. The summed E-state index contributed by atoms with van der Waals surface area (Å²) in [5.41, 5.74) is 3.99. The van der Waals surface area contributed by atoms with E-state index in [1.165, 1.54) is 11.1 Å². The quantitative estimate of drug-likeness (QED) is 0.255. The van der Waals surface area contributed by atoms with Crippen molar-refractivity contribution < 1.29 is 69.9 Å². The largest absolute Gasteiger partial charge is 1.00 e. The molecule has 0 N–H and O–H groups in total. The summed E-state index contributed by atoms with van der Waals surface area (Å²) >= 11 is 0. The smallest absolute Gasteiger partial charge is 0.736 e. The van der Waals surface area contributed by atoms with Gasteiger partial charge in [-0.05, 0) is 46.5 Å². The maximum absolute atomic E-state index is 12.6. The van der Waals surface area contributed by atoms with Gasteiger partial charge in [0.15, 0.2) is 0 Å². The zero-order valence-electron chi connectivity index (χ0n) is 21.5. The summed E-state index contributed by atoms with van der Waals surface area (Å²) in [5.74, 6) is 0.413. The average Bonchev–Trinajstić information content (AvgIpc) is 2.85. The Bertz CT molecular complexity index is 1200. The van der Waals surface area contributed by atoms with E-state index in [1.54, 1.807) is 24.3 Å². The molecule has 6 heteroatoms. The van der Waals surface area contributed by atoms with Gasteiger partial charge in [0.2, 0.25) is 0 Å². The second-order valence-corrected chi connectivity index (χ2v) is 10.9. The molecule has 4 aromatic rings. The van der Waals surface area contributed by atoms with E-state index in [1.807, 2.05) is 60.7 Å². The molecule has 0 aromatic heterocycles. The van der Waals surface area contributed by atoms with E-state index in [4.69, 9.17) is 9.05 Å². The molecule has 0 aliphatic carbocycles. The number of phosphoric ester groups is 1. The van der Waals surface area contributed by atoms with Crippen LogP contribution in [0.5, 0.6) is 11.5 Å². The van der Waals surface area contributed by atoms with Crippen LogP contribution < -0.4 is 65.3 Å². The zero-order valence-corrected chi connectivity index (χ0v) is 25.5. The predicted octanol–water partition coefficient (Wildman–Crippen LogP) is 4.27. The predicted molar refractivity (Wildman–Crippen MR) is 139 cm³/mol. The fourth-order valence-corrected chi connectivity index (χ4v) is 4.98. The maximum atomic E-state index is 12.6. The normalized spacial score (nSPS) is 11.9. The molecule has 0 fully saturated rings. The van der Waals surface area contributed by atoms with E-state index < -0.39 is 7.82 Å². The molecular weight excluding hydrogens is 494 g/mol. The maximum Gasteiger partial charge on any atom is 1.00 e. The van der Waals surface area contributed by atoms with Crippen LogP contribution in [0.1, 0.15) is 49.9 Å². The van der Waals surface area contributed by atoms with Gasteiger partial charge in [0.25, 0.3) is 0 Å². The molecule has 0 bridgehead atoms. The van der Waals surface area contributed by atoms with Gasteiger partial charge in [-0.15, -0.1) is 0 Å². The van der Waals surface area contributed by atoms with Crippen LogP contribution in [0.4, 0.5) is 0 Å². The molecule has 36 heavy (non-hydrogen) atoms. The van der Waals surface area contributed by atoms with Crippen molar-refractivity contribution in [3.8, 4) is 11.5 Å². The Morgan fingerprint density at radius 1 is 0.528 bits per heavy atom. The Morgan fingerprint density at radius 2 is 0.806 bits per heavy atom. The molecule has 0 radical (unpaired) electrons. The first-order chi connectivity index (χ1) is 16.6. The summed E-state index contributed by atoms with van der Waals surface area (Å²) < 4.78 is 23.0. The fraction of sp³-hybridized carbons (Fsp3) is 0.200. The molecule has 0 saturated carbocycles. The molecule has 0 unspecified atom stereocenters. The standard InChI is InChI=1S/C30H31O4P.K/c1-29(2,23-11-7-5-8-12-23)25-15-19-27(20-16-25)33-35(31,32)34-28-21-17-26(18-22-28)30(3,4)24-13-9-6-10-14-24;/h5-22H,1-4H3,(H,31,32);/q;+1/p-1. The van der Waals surface area contributed by atoms with E-state index in [-0.39, 0.29) is 73.7 Å². The Morgan fingerprint density at radius 3 is 1.11 bits per heavy atom. The van der Waals surface area contributed by atoms with Crippen LogP contribution in [0.3, 0.4) is 0 Å². The SMILES string of the molecule is CC(C)(c1ccccc1)c1ccc(OP(=O)([O-])Oc2ccc(C(C)(C)c3ccccc3)cc2)cc1.[K+]. The number of phosphoric acid groups is 1. The van der Waals surface area contributed by atoms with Crippen LogP contribution in [0, 0.1) is 0 Å². The van der Waals surface area contributed by atoms with E-state index in [0.29, 0.717) is 0 Å². The number of benzene rings is 4. The summed E-state index contributed by atoms with van der Waals surface area (Å²) in [4.78, 5) is 12.6. The van der Waals surface area contributed by atoms with Crippen LogP contribution in [0.2, 0.25) is 0 Å². The number of rotatable bonds is 8. The molecule has 180 valence electrons. The first kappa shape index (κ1) is 28.9. The Kier molecular flexibility index (Phi) is 9.45. The van der Waals surface area contributed by atoms with Crippen LogP contribution in [0.25, 0.3) is 0 Å². The second-order valence-electron chi connectivity index (χ2n) is 9.66. The van der Waals surface area contributed by atoms with Crippen LogP contribution >= 0.6 is 7.82 Å². The van der Waals surface area contributed by atoms with Crippen molar-refractivity contribution >= 4 is 7.82 Å².